The molecule has 0 aliphatic carbocycles. The molecule has 0 saturated carbocycles. The van der Waals surface area contributed by atoms with Gasteiger partial charge in [0.15, 0.2) is 0 Å². The molecule has 142 valence electrons. The third kappa shape index (κ3) is 3.32. The van der Waals surface area contributed by atoms with E-state index in [1.54, 1.807) is 6.92 Å². The Bertz CT molecular complexity index is 913. The zero-order valence-electron chi connectivity index (χ0n) is 16.5. The smallest absolute Gasteiger partial charge is 0.293 e. The molecule has 1 N–H and O–H groups in total. The number of nitrogens with zero attached hydrogens (tertiary/aromatic N) is 1. The predicted octanol–water partition coefficient (Wildman–Crippen LogP) is 5.21. The summed E-state index contributed by atoms with van der Waals surface area (Å²) in [4.78, 5) is 15.2. The van der Waals surface area contributed by atoms with E-state index in [0.717, 1.165) is 6.54 Å². The summed E-state index contributed by atoms with van der Waals surface area (Å²) in [5.41, 5.74) is 5.55. The molecule has 3 aromatic rings. The van der Waals surface area contributed by atoms with Crippen molar-refractivity contribution in [3.63, 3.8) is 0 Å². The molecule has 1 atom stereocenters. The Morgan fingerprint density at radius 3 is 2.48 bits per heavy atom. The van der Waals surface area contributed by atoms with Crippen LogP contribution in [0.2, 0.25) is 0 Å². The van der Waals surface area contributed by atoms with Crippen LogP contribution in [0.1, 0.15) is 44.9 Å². The maximum Gasteiger partial charge on any atom is 0.293 e. The summed E-state index contributed by atoms with van der Waals surface area (Å²) in [7, 11) is 0. The van der Waals surface area contributed by atoms with E-state index in [2.05, 4.69) is 90.1 Å². The molecule has 0 saturated heterocycles. The van der Waals surface area contributed by atoms with Crippen LogP contribution < -0.4 is 4.90 Å². The quantitative estimate of drug-likeness (QED) is 0.647. The number of para-hydroxylation sites is 2. The Hall–Kier alpha value is -2.75. The van der Waals surface area contributed by atoms with Gasteiger partial charge in [0.2, 0.25) is 0 Å². The van der Waals surface area contributed by atoms with Gasteiger partial charge in [-0.3, -0.25) is 4.79 Å². The van der Waals surface area contributed by atoms with Crippen LogP contribution >= 0.6 is 0 Å². The second-order valence-corrected chi connectivity index (χ2v) is 7.27. The molecule has 4 heteroatoms. The molecule has 0 amide bonds. The Labute approximate surface area is 161 Å². The lowest BCUT2D eigenvalue weighted by Gasteiger charge is -2.34. The lowest BCUT2D eigenvalue weighted by atomic mass is 9.77. The van der Waals surface area contributed by atoms with Crippen molar-refractivity contribution in [2.24, 2.45) is 0 Å². The molecule has 0 spiro atoms. The van der Waals surface area contributed by atoms with E-state index in [0.29, 0.717) is 19.1 Å². The minimum atomic E-state index is 0.0948. The zero-order chi connectivity index (χ0) is 19.4. The first-order valence-electron chi connectivity index (χ1n) is 9.53. The molecular weight excluding hydrogens is 336 g/mol. The van der Waals surface area contributed by atoms with Crippen LogP contribution in [0, 0.1) is 0 Å². The van der Waals surface area contributed by atoms with Gasteiger partial charge in [-0.25, -0.2) is 0 Å². The fourth-order valence-electron chi connectivity index (χ4n) is 4.24. The lowest BCUT2D eigenvalue weighted by Crippen LogP contribution is -2.33. The van der Waals surface area contributed by atoms with Gasteiger partial charge in [-0.2, -0.15) is 0 Å². The second kappa shape index (κ2) is 7.87. The molecule has 1 unspecified atom stereocenters. The van der Waals surface area contributed by atoms with Crippen molar-refractivity contribution in [3.8, 4) is 0 Å². The fourth-order valence-corrected chi connectivity index (χ4v) is 4.24. The van der Waals surface area contributed by atoms with Crippen molar-refractivity contribution in [1.82, 2.24) is 4.98 Å². The Balaban J connectivity index is 0.000000376. The molecule has 0 radical (unpaired) electrons. The van der Waals surface area contributed by atoms with Crippen molar-refractivity contribution in [2.45, 2.75) is 39.2 Å². The average Bonchev–Trinajstić information content (AvgIpc) is 3.19. The van der Waals surface area contributed by atoms with E-state index in [9.17, 15) is 4.79 Å². The highest BCUT2D eigenvalue weighted by atomic mass is 16.5. The van der Waals surface area contributed by atoms with Gasteiger partial charge in [0.05, 0.1) is 12.6 Å². The first-order chi connectivity index (χ1) is 13.1. The largest absolute Gasteiger partial charge is 0.468 e. The van der Waals surface area contributed by atoms with Gasteiger partial charge in [-0.15, -0.1) is 0 Å². The van der Waals surface area contributed by atoms with E-state index in [-0.39, 0.29) is 5.41 Å². The number of hydrogen-bond acceptors (Lipinski definition) is 3. The number of carbonyl (C=O) groups is 1. The molecule has 1 aliphatic heterocycles. The third-order valence-corrected chi connectivity index (χ3v) is 5.39. The summed E-state index contributed by atoms with van der Waals surface area (Å²) < 4.78 is 4.15. The molecule has 27 heavy (non-hydrogen) atoms. The van der Waals surface area contributed by atoms with E-state index >= 15 is 0 Å². The van der Waals surface area contributed by atoms with E-state index in [4.69, 9.17) is 0 Å². The Morgan fingerprint density at radius 2 is 1.81 bits per heavy atom. The zero-order valence-corrected chi connectivity index (χ0v) is 16.5. The minimum Gasteiger partial charge on any atom is -0.468 e. The molecule has 1 aliphatic rings. The third-order valence-electron chi connectivity index (χ3n) is 5.39. The monoisotopic (exact) mass is 364 g/mol. The Morgan fingerprint density at radius 1 is 1.11 bits per heavy atom. The van der Waals surface area contributed by atoms with Crippen LogP contribution in [0.15, 0.2) is 54.7 Å². The first-order valence-corrected chi connectivity index (χ1v) is 9.53. The summed E-state index contributed by atoms with van der Waals surface area (Å²) in [5.74, 6) is 0. The van der Waals surface area contributed by atoms with Gasteiger partial charge in [0, 0.05) is 40.3 Å². The SMILES string of the molecule is CCN1c2ccccc2C(C)(C)C1c1c[nH]c2ccccc12.CCOC=O. The molecular formula is C23H28N2O2. The number of anilines is 1. The van der Waals surface area contributed by atoms with Crippen molar-refractivity contribution >= 4 is 23.1 Å². The maximum absolute atomic E-state index is 9.18. The first kappa shape index (κ1) is 19.0. The van der Waals surface area contributed by atoms with Gasteiger partial charge in [0.1, 0.15) is 0 Å². The van der Waals surface area contributed by atoms with Crippen LogP contribution in [0.5, 0.6) is 0 Å². The number of nitrogens with one attached hydrogen (secondary N) is 1. The lowest BCUT2D eigenvalue weighted by molar-refractivity contribution is -0.128. The van der Waals surface area contributed by atoms with Crippen molar-refractivity contribution < 1.29 is 9.53 Å². The van der Waals surface area contributed by atoms with Crippen LogP contribution in [-0.2, 0) is 14.9 Å². The highest BCUT2D eigenvalue weighted by Crippen LogP contribution is 2.53. The number of likely N-dealkylation sites (N-methyl/N-ethyl adjacent to an activating group) is 1. The number of hydrogen-bond donors (Lipinski definition) is 1. The molecule has 2 heterocycles. The molecule has 4 nitrogen and oxygen atoms in total. The molecule has 2 aromatic carbocycles. The number of rotatable bonds is 4. The number of aromatic nitrogens is 1. The van der Waals surface area contributed by atoms with E-state index in [1.165, 1.54) is 27.7 Å². The molecule has 1 aromatic heterocycles. The second-order valence-electron chi connectivity index (χ2n) is 7.27. The minimum absolute atomic E-state index is 0.0948. The van der Waals surface area contributed by atoms with Crippen molar-refractivity contribution in [3.05, 3.63) is 65.9 Å². The highest BCUT2D eigenvalue weighted by molar-refractivity contribution is 5.85. The van der Waals surface area contributed by atoms with E-state index < -0.39 is 0 Å². The summed E-state index contributed by atoms with van der Waals surface area (Å²) >= 11 is 0. The van der Waals surface area contributed by atoms with Crippen molar-refractivity contribution in [2.75, 3.05) is 18.1 Å². The van der Waals surface area contributed by atoms with Crippen molar-refractivity contribution in [1.29, 1.82) is 0 Å². The van der Waals surface area contributed by atoms with Crippen LogP contribution in [0.25, 0.3) is 10.9 Å². The summed E-state index contributed by atoms with van der Waals surface area (Å²) in [6.45, 7) is 10.7. The maximum atomic E-state index is 9.18. The van der Waals surface area contributed by atoms with Gasteiger partial charge in [0.25, 0.3) is 6.47 Å². The van der Waals surface area contributed by atoms with Gasteiger partial charge >= 0.3 is 0 Å². The van der Waals surface area contributed by atoms with Crippen LogP contribution in [0.4, 0.5) is 5.69 Å². The number of H-pyrrole nitrogens is 1. The van der Waals surface area contributed by atoms with Crippen LogP contribution in [-0.4, -0.2) is 24.6 Å². The fraction of sp³-hybridized carbons (Fsp3) is 0.348. The number of benzene rings is 2. The number of carbonyl (C=O) groups excluding carboxylic acids is 1. The standard InChI is InChI=1S/C20H22N2.C3H6O2/c1-4-22-18-12-8-6-10-16(18)20(2,3)19(22)15-13-21-17-11-7-5-9-14(15)17;1-2-5-3-4/h5-13,19,21H,4H2,1-3H3;3H,2H2,1H3. The number of fused-ring (bicyclic) bond motifs is 2. The van der Waals surface area contributed by atoms with Gasteiger partial charge in [-0.05, 0) is 31.5 Å². The summed E-state index contributed by atoms with van der Waals surface area (Å²) in [6, 6.07) is 17.8. The van der Waals surface area contributed by atoms with Crippen LogP contribution in [0.3, 0.4) is 0 Å². The van der Waals surface area contributed by atoms with E-state index in [1.807, 2.05) is 0 Å². The summed E-state index contributed by atoms with van der Waals surface area (Å²) in [6.07, 6.45) is 2.20. The normalized spacial score (nSPS) is 17.2. The molecule has 4 rings (SSSR count). The predicted molar refractivity (Wildman–Crippen MR) is 111 cm³/mol. The Kier molecular flexibility index (Phi) is 5.54. The molecule has 0 bridgehead atoms. The van der Waals surface area contributed by atoms with Gasteiger partial charge in [-0.1, -0.05) is 50.2 Å². The number of ether oxygens (including phenoxy) is 1. The average molecular weight is 364 g/mol. The summed E-state index contributed by atoms with van der Waals surface area (Å²) in [5, 5.41) is 1.34. The number of aromatic amines is 1. The molecule has 0 fully saturated rings. The van der Waals surface area contributed by atoms with Gasteiger partial charge < -0.3 is 14.6 Å². The topological polar surface area (TPSA) is 45.3 Å². The highest BCUT2D eigenvalue weighted by Gasteiger charge is 2.45.